The van der Waals surface area contributed by atoms with Gasteiger partial charge in [-0.3, -0.25) is 9.69 Å². The van der Waals surface area contributed by atoms with Gasteiger partial charge in [-0.15, -0.1) is 0 Å². The van der Waals surface area contributed by atoms with Gasteiger partial charge in [0.25, 0.3) is 5.91 Å². The van der Waals surface area contributed by atoms with Crippen molar-refractivity contribution in [3.05, 3.63) is 35.7 Å². The number of carbonyl (C=O) groups is 1. The Morgan fingerprint density at radius 1 is 1.17 bits per heavy atom. The predicted octanol–water partition coefficient (Wildman–Crippen LogP) is 1.33. The highest BCUT2D eigenvalue weighted by molar-refractivity contribution is 5.81. The molecule has 3 N–H and O–H groups in total. The average Bonchev–Trinajstić information content (AvgIpc) is 3.24. The zero-order valence-electron chi connectivity index (χ0n) is 16.7. The second-order valence-corrected chi connectivity index (χ2v) is 7.53. The lowest BCUT2D eigenvalue weighted by atomic mass is 10.2. The molecule has 2 fully saturated rings. The Morgan fingerprint density at radius 3 is 2.62 bits per heavy atom. The van der Waals surface area contributed by atoms with Gasteiger partial charge in [-0.1, -0.05) is 17.7 Å². The number of ether oxygens (including phenoxy) is 1. The Bertz CT molecular complexity index is 844. The number of rotatable bonds is 5. The van der Waals surface area contributed by atoms with E-state index >= 15 is 0 Å². The number of carbonyl (C=O) groups excluding carboxylic acids is 1. The maximum Gasteiger partial charge on any atom is 0.251 e. The minimum atomic E-state index is -0.250. The van der Waals surface area contributed by atoms with Crippen LogP contribution in [-0.4, -0.2) is 69.5 Å². The van der Waals surface area contributed by atoms with Crippen LogP contribution in [-0.2, 0) is 16.1 Å². The van der Waals surface area contributed by atoms with Crippen LogP contribution in [0, 0.1) is 6.92 Å². The van der Waals surface area contributed by atoms with E-state index < -0.39 is 0 Å². The van der Waals surface area contributed by atoms with Crippen molar-refractivity contribution in [3.63, 3.8) is 0 Å². The van der Waals surface area contributed by atoms with Crippen LogP contribution in [0.25, 0.3) is 0 Å². The first-order valence-electron chi connectivity index (χ1n) is 10.0. The topological polar surface area (TPSA) is 110 Å². The Morgan fingerprint density at radius 2 is 1.93 bits per heavy atom. The van der Waals surface area contributed by atoms with Crippen LogP contribution < -0.4 is 11.1 Å². The minimum Gasteiger partial charge on any atom is -0.368 e. The largest absolute Gasteiger partial charge is 0.368 e. The number of nitrogens with two attached hydrogens (primary N) is 1. The fourth-order valence-corrected chi connectivity index (χ4v) is 3.63. The zero-order valence-corrected chi connectivity index (χ0v) is 16.7. The summed E-state index contributed by atoms with van der Waals surface area (Å²) in [6.07, 6.45) is 1.55. The average molecular weight is 397 g/mol. The Labute approximate surface area is 170 Å². The number of aryl methyl sites for hydroxylation is 1. The van der Waals surface area contributed by atoms with Gasteiger partial charge in [-0.25, -0.2) is 0 Å². The van der Waals surface area contributed by atoms with Crippen molar-refractivity contribution in [2.75, 3.05) is 43.8 Å². The van der Waals surface area contributed by atoms with E-state index in [-0.39, 0.29) is 18.0 Å². The maximum absolute atomic E-state index is 12.5. The number of piperazine rings is 1. The third kappa shape index (κ3) is 4.99. The SMILES string of the molecule is Cc1ccc(Nc2nc(N)nc(CN3CCN(C(=O)[C@@H]4CCCO4)CC3)n2)cc1. The van der Waals surface area contributed by atoms with Crippen molar-refractivity contribution >= 4 is 23.5 Å². The van der Waals surface area contributed by atoms with Gasteiger partial charge in [-0.2, -0.15) is 15.0 Å². The summed E-state index contributed by atoms with van der Waals surface area (Å²) in [5.74, 6) is 1.36. The van der Waals surface area contributed by atoms with E-state index in [9.17, 15) is 4.79 Å². The molecule has 0 saturated carbocycles. The van der Waals surface area contributed by atoms with Crippen LogP contribution in [0.5, 0.6) is 0 Å². The molecule has 2 aliphatic rings. The molecular formula is C20H27N7O2. The highest BCUT2D eigenvalue weighted by atomic mass is 16.5. The first kappa shape index (κ1) is 19.5. The summed E-state index contributed by atoms with van der Waals surface area (Å²) >= 11 is 0. The molecule has 29 heavy (non-hydrogen) atoms. The predicted molar refractivity (Wildman–Crippen MR) is 110 cm³/mol. The summed E-state index contributed by atoms with van der Waals surface area (Å²) in [4.78, 5) is 29.6. The molecule has 2 saturated heterocycles. The Kier molecular flexibility index (Phi) is 5.86. The Hall–Kier alpha value is -2.78. The molecule has 0 bridgehead atoms. The molecule has 1 aromatic carbocycles. The van der Waals surface area contributed by atoms with E-state index in [0.29, 0.717) is 38.0 Å². The summed E-state index contributed by atoms with van der Waals surface area (Å²) in [6, 6.07) is 7.98. The molecule has 154 valence electrons. The van der Waals surface area contributed by atoms with Gasteiger partial charge in [0.1, 0.15) is 11.9 Å². The molecule has 1 atom stereocenters. The fraction of sp³-hybridized carbons (Fsp3) is 0.500. The van der Waals surface area contributed by atoms with Gasteiger partial charge in [0.2, 0.25) is 11.9 Å². The van der Waals surface area contributed by atoms with Gasteiger partial charge in [-0.05, 0) is 31.9 Å². The molecule has 3 heterocycles. The van der Waals surface area contributed by atoms with E-state index in [4.69, 9.17) is 10.5 Å². The third-order valence-electron chi connectivity index (χ3n) is 5.26. The van der Waals surface area contributed by atoms with E-state index in [1.807, 2.05) is 36.1 Å². The molecule has 9 nitrogen and oxygen atoms in total. The monoisotopic (exact) mass is 397 g/mol. The molecule has 2 aliphatic heterocycles. The van der Waals surface area contributed by atoms with Gasteiger partial charge < -0.3 is 20.7 Å². The summed E-state index contributed by atoms with van der Waals surface area (Å²) in [5.41, 5.74) is 7.97. The quantitative estimate of drug-likeness (QED) is 0.778. The zero-order chi connectivity index (χ0) is 20.2. The molecule has 4 rings (SSSR count). The van der Waals surface area contributed by atoms with Crippen LogP contribution in [0.4, 0.5) is 17.6 Å². The summed E-state index contributed by atoms with van der Waals surface area (Å²) < 4.78 is 5.52. The van der Waals surface area contributed by atoms with Crippen molar-refractivity contribution in [2.24, 2.45) is 0 Å². The standard InChI is InChI=1S/C20H27N7O2/c1-14-4-6-15(7-5-14)22-20-24-17(23-19(21)25-20)13-26-8-10-27(11-9-26)18(28)16-3-2-12-29-16/h4-7,16H,2-3,8-13H2,1H3,(H3,21,22,23,24,25)/t16-/m0/s1. The fourth-order valence-electron chi connectivity index (χ4n) is 3.63. The summed E-state index contributed by atoms with van der Waals surface area (Å²) in [7, 11) is 0. The number of nitrogens with zero attached hydrogens (tertiary/aromatic N) is 5. The third-order valence-corrected chi connectivity index (χ3v) is 5.26. The van der Waals surface area contributed by atoms with Gasteiger partial charge in [0, 0.05) is 38.5 Å². The number of amides is 1. The molecule has 1 aromatic heterocycles. The first-order chi connectivity index (χ1) is 14.1. The lowest BCUT2D eigenvalue weighted by Gasteiger charge is -2.35. The van der Waals surface area contributed by atoms with Gasteiger partial charge in [0.05, 0.1) is 6.54 Å². The lowest BCUT2D eigenvalue weighted by molar-refractivity contribution is -0.142. The molecule has 2 aromatic rings. The minimum absolute atomic E-state index is 0.121. The van der Waals surface area contributed by atoms with Gasteiger partial charge >= 0.3 is 0 Å². The highest BCUT2D eigenvalue weighted by Crippen LogP contribution is 2.17. The molecule has 0 radical (unpaired) electrons. The van der Waals surface area contributed by atoms with Crippen LogP contribution in [0.15, 0.2) is 24.3 Å². The van der Waals surface area contributed by atoms with Crippen molar-refractivity contribution in [1.82, 2.24) is 24.8 Å². The van der Waals surface area contributed by atoms with Gasteiger partial charge in [0.15, 0.2) is 0 Å². The number of hydrogen-bond acceptors (Lipinski definition) is 8. The van der Waals surface area contributed by atoms with E-state index in [2.05, 4.69) is 25.2 Å². The Balaban J connectivity index is 1.34. The molecule has 9 heteroatoms. The summed E-state index contributed by atoms with van der Waals surface area (Å²) in [6.45, 7) is 6.21. The first-order valence-corrected chi connectivity index (χ1v) is 10.0. The number of nitrogen functional groups attached to an aromatic ring is 1. The molecule has 0 spiro atoms. The molecular weight excluding hydrogens is 370 g/mol. The van der Waals surface area contributed by atoms with Crippen molar-refractivity contribution in [3.8, 4) is 0 Å². The van der Waals surface area contributed by atoms with Crippen LogP contribution in [0.2, 0.25) is 0 Å². The highest BCUT2D eigenvalue weighted by Gasteiger charge is 2.30. The molecule has 1 amide bonds. The van der Waals surface area contributed by atoms with Crippen LogP contribution in [0.3, 0.4) is 0 Å². The van der Waals surface area contributed by atoms with Crippen molar-refractivity contribution in [1.29, 1.82) is 0 Å². The van der Waals surface area contributed by atoms with Crippen molar-refractivity contribution in [2.45, 2.75) is 32.4 Å². The van der Waals surface area contributed by atoms with Crippen LogP contribution in [0.1, 0.15) is 24.2 Å². The summed E-state index contributed by atoms with van der Waals surface area (Å²) in [5, 5.41) is 3.18. The molecule has 0 aliphatic carbocycles. The number of anilines is 3. The van der Waals surface area contributed by atoms with E-state index in [0.717, 1.165) is 31.6 Å². The lowest BCUT2D eigenvalue weighted by Crippen LogP contribution is -2.51. The number of benzene rings is 1. The smallest absolute Gasteiger partial charge is 0.251 e. The van der Waals surface area contributed by atoms with E-state index in [1.54, 1.807) is 0 Å². The number of aromatic nitrogens is 3. The second kappa shape index (κ2) is 8.71. The maximum atomic E-state index is 12.5. The molecule has 0 unspecified atom stereocenters. The second-order valence-electron chi connectivity index (χ2n) is 7.53. The normalized spacial score (nSPS) is 20.0. The number of nitrogens with one attached hydrogen (secondary N) is 1. The van der Waals surface area contributed by atoms with E-state index in [1.165, 1.54) is 5.56 Å². The van der Waals surface area contributed by atoms with Crippen LogP contribution >= 0.6 is 0 Å². The number of hydrogen-bond donors (Lipinski definition) is 2. The van der Waals surface area contributed by atoms with Crippen molar-refractivity contribution < 1.29 is 9.53 Å².